The van der Waals surface area contributed by atoms with Gasteiger partial charge in [0.2, 0.25) is 0 Å². The summed E-state index contributed by atoms with van der Waals surface area (Å²) >= 11 is 0. The number of carboxylic acids is 1. The molecule has 2 N–H and O–H groups in total. The molecule has 0 radical (unpaired) electrons. The van der Waals surface area contributed by atoms with Gasteiger partial charge in [-0.15, -0.1) is 0 Å². The SMILES string of the molecule is CC/C=C(\C=C/COCC1CC(OC)CN1)C(=O)O. The summed E-state index contributed by atoms with van der Waals surface area (Å²) < 4.78 is 10.7. The summed E-state index contributed by atoms with van der Waals surface area (Å²) in [6, 6.07) is 0.323. The standard InChI is InChI=1S/C14H23NO4/c1-3-5-11(14(16)17)6-4-7-19-10-12-8-13(18-2)9-15-12/h4-6,12-13,15H,3,7-10H2,1-2H3,(H,16,17)/b6-4-,11-5+. The molecule has 1 rings (SSSR count). The molecular formula is C14H23NO4. The average Bonchev–Trinajstić information content (AvgIpc) is 2.84. The Morgan fingerprint density at radius 1 is 1.53 bits per heavy atom. The monoisotopic (exact) mass is 269 g/mol. The fraction of sp³-hybridized carbons (Fsp3) is 0.643. The highest BCUT2D eigenvalue weighted by molar-refractivity contribution is 5.89. The van der Waals surface area contributed by atoms with E-state index in [2.05, 4.69) is 5.32 Å². The molecule has 0 saturated carbocycles. The van der Waals surface area contributed by atoms with E-state index in [-0.39, 0.29) is 6.10 Å². The van der Waals surface area contributed by atoms with Crippen molar-refractivity contribution in [1.29, 1.82) is 0 Å². The molecule has 0 aromatic rings. The number of rotatable bonds is 8. The number of hydrogen-bond acceptors (Lipinski definition) is 4. The molecule has 108 valence electrons. The van der Waals surface area contributed by atoms with E-state index in [9.17, 15) is 4.79 Å². The fourth-order valence-electron chi connectivity index (χ4n) is 1.99. The van der Waals surface area contributed by atoms with Gasteiger partial charge in [-0.05, 0) is 18.9 Å². The van der Waals surface area contributed by atoms with Gasteiger partial charge in [0.05, 0.1) is 24.9 Å². The molecular weight excluding hydrogens is 246 g/mol. The fourth-order valence-corrected chi connectivity index (χ4v) is 1.99. The van der Waals surface area contributed by atoms with Crippen molar-refractivity contribution in [3.8, 4) is 0 Å². The molecule has 1 fully saturated rings. The molecule has 2 unspecified atom stereocenters. The van der Waals surface area contributed by atoms with Gasteiger partial charge in [0.25, 0.3) is 0 Å². The number of allylic oxidation sites excluding steroid dienone is 1. The molecule has 1 saturated heterocycles. The van der Waals surface area contributed by atoms with Gasteiger partial charge in [0, 0.05) is 19.7 Å². The second kappa shape index (κ2) is 8.85. The molecule has 0 amide bonds. The second-order valence-corrected chi connectivity index (χ2v) is 4.51. The predicted octanol–water partition coefficient (Wildman–Crippen LogP) is 1.36. The van der Waals surface area contributed by atoms with E-state index in [1.165, 1.54) is 0 Å². The van der Waals surface area contributed by atoms with Crippen LogP contribution < -0.4 is 5.32 Å². The Hall–Kier alpha value is -1.17. The van der Waals surface area contributed by atoms with Crippen LogP contribution in [0, 0.1) is 0 Å². The molecule has 19 heavy (non-hydrogen) atoms. The maximum Gasteiger partial charge on any atom is 0.335 e. The van der Waals surface area contributed by atoms with E-state index in [0.29, 0.717) is 31.2 Å². The minimum atomic E-state index is -0.904. The number of aliphatic carboxylic acids is 1. The van der Waals surface area contributed by atoms with Crippen LogP contribution >= 0.6 is 0 Å². The Bertz CT molecular complexity index is 338. The van der Waals surface area contributed by atoms with E-state index >= 15 is 0 Å². The summed E-state index contributed by atoms with van der Waals surface area (Å²) in [5, 5.41) is 12.2. The van der Waals surface area contributed by atoms with E-state index in [1.807, 2.05) is 6.92 Å². The highest BCUT2D eigenvalue weighted by Crippen LogP contribution is 2.09. The van der Waals surface area contributed by atoms with Crippen molar-refractivity contribution in [2.24, 2.45) is 0 Å². The first kappa shape index (κ1) is 15.9. The molecule has 1 aliphatic heterocycles. The first-order valence-corrected chi connectivity index (χ1v) is 6.61. The zero-order chi connectivity index (χ0) is 14.1. The Morgan fingerprint density at radius 2 is 2.32 bits per heavy atom. The van der Waals surface area contributed by atoms with Crippen LogP contribution in [0.2, 0.25) is 0 Å². The molecule has 0 aromatic carbocycles. The summed E-state index contributed by atoms with van der Waals surface area (Å²) in [4.78, 5) is 10.8. The third-order valence-electron chi connectivity index (χ3n) is 3.02. The Balaban J connectivity index is 2.20. The number of nitrogens with one attached hydrogen (secondary N) is 1. The predicted molar refractivity (Wildman–Crippen MR) is 73.2 cm³/mol. The highest BCUT2D eigenvalue weighted by atomic mass is 16.5. The van der Waals surface area contributed by atoms with E-state index in [1.54, 1.807) is 25.3 Å². The van der Waals surface area contributed by atoms with Crippen LogP contribution in [0.4, 0.5) is 0 Å². The molecule has 0 aromatic heterocycles. The van der Waals surface area contributed by atoms with Gasteiger partial charge >= 0.3 is 5.97 Å². The van der Waals surface area contributed by atoms with Gasteiger partial charge in [-0.3, -0.25) is 0 Å². The van der Waals surface area contributed by atoms with E-state index < -0.39 is 5.97 Å². The Kier molecular flexibility index (Phi) is 7.40. The zero-order valence-electron chi connectivity index (χ0n) is 11.6. The summed E-state index contributed by atoms with van der Waals surface area (Å²) in [6.07, 6.45) is 6.94. The highest BCUT2D eigenvalue weighted by Gasteiger charge is 2.23. The van der Waals surface area contributed by atoms with Crippen molar-refractivity contribution >= 4 is 5.97 Å². The normalized spacial score (nSPS) is 24.2. The van der Waals surface area contributed by atoms with Gasteiger partial charge < -0.3 is 19.9 Å². The molecule has 2 atom stereocenters. The summed E-state index contributed by atoms with van der Waals surface area (Å²) in [5.41, 5.74) is 0.310. The van der Waals surface area contributed by atoms with Crippen molar-refractivity contribution in [3.05, 3.63) is 23.8 Å². The molecule has 0 bridgehead atoms. The molecule has 5 heteroatoms. The van der Waals surface area contributed by atoms with Gasteiger partial charge in [0.1, 0.15) is 0 Å². The van der Waals surface area contributed by atoms with Gasteiger partial charge in [-0.25, -0.2) is 4.79 Å². The van der Waals surface area contributed by atoms with Crippen molar-refractivity contribution < 1.29 is 19.4 Å². The lowest BCUT2D eigenvalue weighted by Gasteiger charge is -2.09. The number of carbonyl (C=O) groups is 1. The van der Waals surface area contributed by atoms with Crippen LogP contribution in [0.3, 0.4) is 0 Å². The zero-order valence-corrected chi connectivity index (χ0v) is 11.6. The maximum atomic E-state index is 10.8. The number of hydrogen-bond donors (Lipinski definition) is 2. The van der Waals surface area contributed by atoms with Gasteiger partial charge in [-0.2, -0.15) is 0 Å². The lowest BCUT2D eigenvalue weighted by Crippen LogP contribution is -2.26. The largest absolute Gasteiger partial charge is 0.478 e. The number of ether oxygens (including phenoxy) is 2. The lowest BCUT2D eigenvalue weighted by atomic mass is 10.2. The third-order valence-corrected chi connectivity index (χ3v) is 3.02. The summed E-state index contributed by atoms with van der Waals surface area (Å²) in [6.45, 7) is 3.81. The minimum Gasteiger partial charge on any atom is -0.478 e. The first-order valence-electron chi connectivity index (χ1n) is 6.61. The average molecular weight is 269 g/mol. The Morgan fingerprint density at radius 3 is 2.89 bits per heavy atom. The number of methoxy groups -OCH3 is 1. The maximum absolute atomic E-state index is 10.8. The quantitative estimate of drug-likeness (QED) is 0.395. The van der Waals surface area contributed by atoms with Crippen LogP contribution in [0.1, 0.15) is 19.8 Å². The summed E-state index contributed by atoms with van der Waals surface area (Å²) in [5.74, 6) is -0.904. The molecule has 0 spiro atoms. The lowest BCUT2D eigenvalue weighted by molar-refractivity contribution is -0.132. The topological polar surface area (TPSA) is 67.8 Å². The van der Waals surface area contributed by atoms with Crippen molar-refractivity contribution in [3.63, 3.8) is 0 Å². The van der Waals surface area contributed by atoms with Crippen LogP contribution in [0.5, 0.6) is 0 Å². The Labute approximate surface area is 114 Å². The van der Waals surface area contributed by atoms with E-state index in [4.69, 9.17) is 14.6 Å². The van der Waals surface area contributed by atoms with Crippen LogP contribution in [0.15, 0.2) is 23.8 Å². The minimum absolute atomic E-state index is 0.273. The number of carboxylic acid groups (broad SMARTS) is 1. The van der Waals surface area contributed by atoms with Crippen molar-refractivity contribution in [1.82, 2.24) is 5.32 Å². The summed E-state index contributed by atoms with van der Waals surface area (Å²) in [7, 11) is 1.71. The van der Waals surface area contributed by atoms with Gasteiger partial charge in [-0.1, -0.05) is 19.1 Å². The van der Waals surface area contributed by atoms with Gasteiger partial charge in [0.15, 0.2) is 0 Å². The molecule has 0 aliphatic carbocycles. The first-order chi connectivity index (χ1) is 9.17. The second-order valence-electron chi connectivity index (χ2n) is 4.51. The van der Waals surface area contributed by atoms with Crippen molar-refractivity contribution in [2.45, 2.75) is 31.9 Å². The molecule has 1 heterocycles. The smallest absolute Gasteiger partial charge is 0.335 e. The van der Waals surface area contributed by atoms with E-state index in [0.717, 1.165) is 13.0 Å². The van der Waals surface area contributed by atoms with Crippen molar-refractivity contribution in [2.75, 3.05) is 26.9 Å². The van der Waals surface area contributed by atoms with Crippen LogP contribution in [0.25, 0.3) is 0 Å². The molecule has 1 aliphatic rings. The van der Waals surface area contributed by atoms with Crippen LogP contribution in [-0.4, -0.2) is 50.1 Å². The molecule has 5 nitrogen and oxygen atoms in total. The van der Waals surface area contributed by atoms with Crippen LogP contribution in [-0.2, 0) is 14.3 Å². The third kappa shape index (κ3) is 6.00.